The van der Waals surface area contributed by atoms with Crippen LogP contribution in [0.25, 0.3) is 11.0 Å². The minimum Gasteiger partial charge on any atom is -0.388 e. The van der Waals surface area contributed by atoms with Gasteiger partial charge in [0.25, 0.3) is 0 Å². The number of nitrogens with zero attached hydrogens (tertiary/aromatic N) is 2. The molecule has 16 heteroatoms. The third kappa shape index (κ3) is 5.61. The Morgan fingerprint density at radius 1 is 1.24 bits per heavy atom. The zero-order valence-electron chi connectivity index (χ0n) is 21.3. The average molecular weight is 586 g/mol. The molecule has 5 N–H and O–H groups in total. The topological polar surface area (TPSA) is 167 Å². The van der Waals surface area contributed by atoms with Gasteiger partial charge in [-0.15, -0.1) is 0 Å². The van der Waals surface area contributed by atoms with Crippen LogP contribution in [0.4, 0.5) is 13.2 Å². The first-order chi connectivity index (χ1) is 17.3. The predicted octanol–water partition coefficient (Wildman–Crippen LogP) is 3.28. The maximum Gasteiger partial charge on any atom is 0.431 e. The number of H-pyrrole nitrogens is 1. The molecular formula is C22H31F3N3O8PS. The van der Waals surface area contributed by atoms with Crippen LogP contribution in [0.1, 0.15) is 64.4 Å². The van der Waals surface area contributed by atoms with Gasteiger partial charge < -0.3 is 34.5 Å². The Bertz CT molecular complexity index is 1380. The number of aromatic nitrogens is 3. The number of aromatic amines is 1. The summed E-state index contributed by atoms with van der Waals surface area (Å²) in [5.74, 6) is 0. The Morgan fingerprint density at radius 3 is 2.37 bits per heavy atom. The lowest BCUT2D eigenvalue weighted by Gasteiger charge is -2.37. The van der Waals surface area contributed by atoms with E-state index in [2.05, 4.69) is 9.97 Å². The number of rotatable bonds is 8. The lowest BCUT2D eigenvalue weighted by atomic mass is 9.93. The van der Waals surface area contributed by atoms with Gasteiger partial charge in [-0.1, -0.05) is 13.8 Å². The van der Waals surface area contributed by atoms with Crippen molar-refractivity contribution < 1.29 is 47.2 Å². The van der Waals surface area contributed by atoms with Gasteiger partial charge in [0.15, 0.2) is 17.0 Å². The van der Waals surface area contributed by atoms with Gasteiger partial charge >= 0.3 is 13.8 Å². The molecule has 0 aromatic carbocycles. The maximum atomic E-state index is 13.3. The molecule has 7 unspecified atom stereocenters. The van der Waals surface area contributed by atoms with Crippen molar-refractivity contribution in [3.05, 3.63) is 32.4 Å². The molecule has 1 aliphatic heterocycles. The third-order valence-corrected chi connectivity index (χ3v) is 9.58. The second-order valence-electron chi connectivity index (χ2n) is 9.88. The lowest BCUT2D eigenvalue weighted by molar-refractivity contribution is -0.141. The van der Waals surface area contributed by atoms with Gasteiger partial charge in [0.1, 0.15) is 23.5 Å². The Hall–Kier alpha value is -1.71. The van der Waals surface area contributed by atoms with E-state index < -0.39 is 71.6 Å². The number of pyridine rings is 1. The summed E-state index contributed by atoms with van der Waals surface area (Å²) in [7, 11) is -4.55. The molecule has 0 bridgehead atoms. The van der Waals surface area contributed by atoms with Crippen LogP contribution >= 0.6 is 19.8 Å². The van der Waals surface area contributed by atoms with E-state index in [0.717, 1.165) is 17.7 Å². The van der Waals surface area contributed by atoms with E-state index in [-0.39, 0.29) is 29.4 Å². The first-order valence-electron chi connectivity index (χ1n) is 11.8. The Morgan fingerprint density at radius 2 is 1.84 bits per heavy atom. The Kier molecular flexibility index (Phi) is 8.40. The summed E-state index contributed by atoms with van der Waals surface area (Å²) in [6.07, 6.45) is -9.52. The average Bonchev–Trinajstić information content (AvgIpc) is 3.07. The summed E-state index contributed by atoms with van der Waals surface area (Å²) in [4.78, 5) is 29.1. The van der Waals surface area contributed by atoms with E-state index in [4.69, 9.17) is 21.5 Å². The number of aliphatic hydroxyl groups excluding tert-OH is 2. The van der Waals surface area contributed by atoms with E-state index in [1.165, 1.54) is 20.8 Å². The van der Waals surface area contributed by atoms with E-state index in [1.807, 2.05) is 0 Å². The van der Waals surface area contributed by atoms with Crippen molar-refractivity contribution in [1.82, 2.24) is 14.5 Å². The van der Waals surface area contributed by atoms with Crippen molar-refractivity contribution in [2.24, 2.45) is 0 Å². The van der Waals surface area contributed by atoms with Gasteiger partial charge in [-0.2, -0.15) is 13.2 Å². The van der Waals surface area contributed by atoms with Gasteiger partial charge in [0.2, 0.25) is 4.77 Å². The van der Waals surface area contributed by atoms with Crippen LogP contribution in [0.2, 0.25) is 0 Å². The van der Waals surface area contributed by atoms with Gasteiger partial charge in [0, 0.05) is 18.2 Å². The molecule has 0 amide bonds. The second kappa shape index (κ2) is 10.4. The van der Waals surface area contributed by atoms with Crippen LogP contribution in [0.15, 0.2) is 11.0 Å². The van der Waals surface area contributed by atoms with Gasteiger partial charge in [-0.3, -0.25) is 13.9 Å². The second-order valence-corrected chi connectivity index (χ2v) is 12.4. The number of aliphatic hydroxyl groups is 3. The Labute approximate surface area is 220 Å². The summed E-state index contributed by atoms with van der Waals surface area (Å²) in [5.41, 5.74) is -4.60. The fraction of sp³-hybridized carbons (Fsp3) is 0.682. The van der Waals surface area contributed by atoms with E-state index >= 15 is 0 Å². The zero-order valence-corrected chi connectivity index (χ0v) is 23.0. The fourth-order valence-electron chi connectivity index (χ4n) is 4.12. The SMILES string of the molecule is CCC(C)(CC1OC(n2cc3c(=O)c(C)c(C(F)(F)F)[nH]c3nc2=S)C(O)C1O)OP(=O)(O)C(C)(O)CC. The predicted molar refractivity (Wildman–Crippen MR) is 132 cm³/mol. The monoisotopic (exact) mass is 585 g/mol. The van der Waals surface area contributed by atoms with Crippen molar-refractivity contribution in [3.63, 3.8) is 0 Å². The summed E-state index contributed by atoms with van der Waals surface area (Å²) < 4.78 is 64.7. The van der Waals surface area contributed by atoms with Crippen LogP contribution in [-0.4, -0.2) is 64.0 Å². The van der Waals surface area contributed by atoms with Gasteiger partial charge in [-0.05, 0) is 45.8 Å². The minimum absolute atomic E-state index is 0.0692. The molecule has 0 spiro atoms. The smallest absolute Gasteiger partial charge is 0.388 e. The summed E-state index contributed by atoms with van der Waals surface area (Å²) >= 11 is 5.17. The molecule has 0 aliphatic carbocycles. The van der Waals surface area contributed by atoms with E-state index in [1.54, 1.807) is 6.92 Å². The number of fused-ring (bicyclic) bond motifs is 1. The highest BCUT2D eigenvalue weighted by Gasteiger charge is 2.50. The molecular weight excluding hydrogens is 554 g/mol. The molecule has 2 aromatic rings. The molecule has 214 valence electrons. The maximum absolute atomic E-state index is 13.3. The zero-order chi connectivity index (χ0) is 29.0. The minimum atomic E-state index is -4.83. The largest absolute Gasteiger partial charge is 0.431 e. The van der Waals surface area contributed by atoms with Crippen LogP contribution in [0.5, 0.6) is 0 Å². The molecule has 3 rings (SSSR count). The molecule has 3 heterocycles. The quantitative estimate of drug-likeness (QED) is 0.229. The lowest BCUT2D eigenvalue weighted by Crippen LogP contribution is -2.40. The fourth-order valence-corrected chi connectivity index (χ4v) is 5.77. The van der Waals surface area contributed by atoms with Crippen molar-refractivity contribution >= 4 is 30.8 Å². The van der Waals surface area contributed by atoms with Crippen LogP contribution in [0, 0.1) is 11.7 Å². The highest BCUT2D eigenvalue weighted by molar-refractivity contribution is 7.71. The molecule has 0 radical (unpaired) electrons. The highest BCUT2D eigenvalue weighted by atomic mass is 32.1. The molecule has 7 atom stereocenters. The Balaban J connectivity index is 1.97. The van der Waals surface area contributed by atoms with Gasteiger partial charge in [0.05, 0.1) is 17.1 Å². The van der Waals surface area contributed by atoms with E-state index in [0.29, 0.717) is 0 Å². The van der Waals surface area contributed by atoms with Crippen molar-refractivity contribution in [3.8, 4) is 0 Å². The first-order valence-corrected chi connectivity index (χ1v) is 13.8. The number of alkyl halides is 3. The molecule has 0 saturated carbocycles. The number of ether oxygens (including phenoxy) is 1. The number of nitrogens with one attached hydrogen (secondary N) is 1. The molecule has 11 nitrogen and oxygen atoms in total. The summed E-state index contributed by atoms with van der Waals surface area (Å²) in [5, 5.41) is 29.5. The van der Waals surface area contributed by atoms with Crippen molar-refractivity contribution in [2.75, 3.05) is 0 Å². The molecule has 1 aliphatic rings. The number of halogens is 3. The number of hydrogen-bond donors (Lipinski definition) is 5. The van der Waals surface area contributed by atoms with Crippen molar-refractivity contribution in [1.29, 1.82) is 0 Å². The molecule has 1 saturated heterocycles. The normalized spacial score (nSPS) is 27.2. The van der Waals surface area contributed by atoms with Gasteiger partial charge in [-0.25, -0.2) is 4.98 Å². The highest BCUT2D eigenvalue weighted by Crippen LogP contribution is 2.59. The van der Waals surface area contributed by atoms with Crippen LogP contribution in [-0.2, 0) is 20.0 Å². The standard InChI is InChI=1S/C22H31F3N3O8PS/c1-6-20(4,36-37(33,34)21(5,32)7-2)8-12-14(30)15(31)18(35-12)28-9-11-13(29)10(3)16(22(23,24)25)26-17(11)27-19(28)38/h9,12,14-15,18,30-32H,6-8H2,1-5H3,(H,33,34)(H,26,27,38). The van der Waals surface area contributed by atoms with Crippen molar-refractivity contribution in [2.45, 2.75) is 95.5 Å². The van der Waals surface area contributed by atoms with Crippen LogP contribution in [0.3, 0.4) is 0 Å². The summed E-state index contributed by atoms with van der Waals surface area (Å²) in [6.45, 7) is 6.83. The van der Waals surface area contributed by atoms with E-state index in [9.17, 15) is 42.7 Å². The number of hydrogen-bond acceptors (Lipinski definition) is 9. The molecule has 2 aromatic heterocycles. The molecule has 1 fully saturated rings. The third-order valence-electron chi connectivity index (χ3n) is 7.05. The van der Waals surface area contributed by atoms with Crippen LogP contribution < -0.4 is 5.43 Å². The first kappa shape index (κ1) is 30.8. The summed E-state index contributed by atoms with van der Waals surface area (Å²) in [6, 6.07) is 0. The molecule has 38 heavy (non-hydrogen) atoms.